The molecule has 0 aliphatic rings. The summed E-state index contributed by atoms with van der Waals surface area (Å²) in [5.74, 6) is 0.610. The van der Waals surface area contributed by atoms with Gasteiger partial charge in [0, 0.05) is 15.8 Å². The van der Waals surface area contributed by atoms with Gasteiger partial charge < -0.3 is 11.1 Å². The van der Waals surface area contributed by atoms with Gasteiger partial charge in [0.25, 0.3) is 0 Å². The zero-order chi connectivity index (χ0) is 10.7. The molecule has 78 valence electrons. The predicted molar refractivity (Wildman–Crippen MR) is 60.1 cm³/mol. The molecule has 0 aliphatic heterocycles. The van der Waals surface area contributed by atoms with Crippen LogP contribution in [0.1, 0.15) is 5.82 Å². The minimum absolute atomic E-state index is 0.513. The van der Waals surface area contributed by atoms with Gasteiger partial charge in [-0.3, -0.25) is 0 Å². The average Bonchev–Trinajstić information content (AvgIpc) is 2.69. The second-order valence-corrected chi connectivity index (χ2v) is 3.78. The summed E-state index contributed by atoms with van der Waals surface area (Å²) >= 11 is 3.40. The van der Waals surface area contributed by atoms with Gasteiger partial charge in [-0.05, 0) is 34.1 Å². The Morgan fingerprint density at radius 3 is 3.00 bits per heavy atom. The third kappa shape index (κ3) is 2.44. The number of benzene rings is 1. The van der Waals surface area contributed by atoms with E-state index in [2.05, 4.69) is 41.9 Å². The lowest BCUT2D eigenvalue weighted by Crippen LogP contribution is -2.02. The molecule has 6 nitrogen and oxygen atoms in total. The summed E-state index contributed by atoms with van der Waals surface area (Å²) in [6.45, 7) is 0.513. The van der Waals surface area contributed by atoms with Gasteiger partial charge in [0.1, 0.15) is 0 Å². The van der Waals surface area contributed by atoms with Gasteiger partial charge >= 0.3 is 0 Å². The highest BCUT2D eigenvalue weighted by Crippen LogP contribution is 2.24. The smallest absolute Gasteiger partial charge is 0.193 e. The molecule has 0 unspecified atom stereocenters. The monoisotopic (exact) mass is 268 g/mol. The molecule has 1 heterocycles. The maximum atomic E-state index is 5.62. The van der Waals surface area contributed by atoms with Crippen LogP contribution in [-0.4, -0.2) is 20.6 Å². The van der Waals surface area contributed by atoms with E-state index in [1.54, 1.807) is 0 Å². The second kappa shape index (κ2) is 4.26. The topological polar surface area (TPSA) is 92.5 Å². The van der Waals surface area contributed by atoms with E-state index in [0.29, 0.717) is 18.1 Å². The Hall–Kier alpha value is -1.63. The number of nitrogens with zero attached hydrogens (tertiary/aromatic N) is 3. The first-order chi connectivity index (χ1) is 7.25. The number of rotatable bonds is 3. The second-order valence-electron chi connectivity index (χ2n) is 2.92. The average molecular weight is 269 g/mol. The molecular weight excluding hydrogens is 260 g/mol. The van der Waals surface area contributed by atoms with Crippen LogP contribution in [0.15, 0.2) is 22.7 Å². The number of hydrogen-bond donors (Lipinski definition) is 3. The normalized spacial score (nSPS) is 10.2. The van der Waals surface area contributed by atoms with E-state index < -0.39 is 0 Å². The molecule has 0 radical (unpaired) electrons. The number of tetrazole rings is 1. The lowest BCUT2D eigenvalue weighted by Gasteiger charge is -2.06. The standard InChI is InChI=1S/C8H9BrN6/c9-6-3-5(10)1-2-7(6)11-4-8-12-14-15-13-8/h1-3,11H,4,10H2,(H,12,13,14,15). The number of hydrogen-bond acceptors (Lipinski definition) is 5. The summed E-state index contributed by atoms with van der Waals surface area (Å²) in [5.41, 5.74) is 7.27. The fourth-order valence-electron chi connectivity index (χ4n) is 1.11. The number of anilines is 2. The molecular formula is C8H9BrN6. The number of aromatic nitrogens is 4. The van der Waals surface area contributed by atoms with E-state index in [1.165, 1.54) is 0 Å². The first-order valence-electron chi connectivity index (χ1n) is 4.27. The van der Waals surface area contributed by atoms with Gasteiger partial charge in [0.2, 0.25) is 0 Å². The molecule has 0 atom stereocenters. The van der Waals surface area contributed by atoms with Crippen LogP contribution in [0.4, 0.5) is 11.4 Å². The summed E-state index contributed by atoms with van der Waals surface area (Å²) in [4.78, 5) is 0. The molecule has 0 saturated carbocycles. The Morgan fingerprint density at radius 2 is 2.33 bits per heavy atom. The molecule has 2 rings (SSSR count). The Labute approximate surface area is 94.4 Å². The molecule has 15 heavy (non-hydrogen) atoms. The highest BCUT2D eigenvalue weighted by molar-refractivity contribution is 9.10. The van der Waals surface area contributed by atoms with Crippen LogP contribution in [-0.2, 0) is 6.54 Å². The van der Waals surface area contributed by atoms with Crippen LogP contribution >= 0.6 is 15.9 Å². The Morgan fingerprint density at radius 1 is 1.47 bits per heavy atom. The molecule has 0 aliphatic carbocycles. The zero-order valence-electron chi connectivity index (χ0n) is 7.74. The minimum Gasteiger partial charge on any atom is -0.399 e. The predicted octanol–water partition coefficient (Wildman–Crippen LogP) is 1.16. The molecule has 1 aromatic carbocycles. The molecule has 1 aromatic heterocycles. The number of nitrogens with one attached hydrogen (secondary N) is 2. The zero-order valence-corrected chi connectivity index (χ0v) is 9.32. The fraction of sp³-hybridized carbons (Fsp3) is 0.125. The summed E-state index contributed by atoms with van der Waals surface area (Å²) < 4.78 is 0.908. The van der Waals surface area contributed by atoms with Crippen LogP contribution in [0, 0.1) is 0 Å². The summed E-state index contributed by atoms with van der Waals surface area (Å²) in [6, 6.07) is 5.54. The Bertz CT molecular complexity index is 440. The fourth-order valence-corrected chi connectivity index (χ4v) is 1.64. The number of H-pyrrole nitrogens is 1. The van der Waals surface area contributed by atoms with Crippen LogP contribution in [0.3, 0.4) is 0 Å². The molecule has 7 heteroatoms. The quantitative estimate of drug-likeness (QED) is 0.727. The maximum absolute atomic E-state index is 5.62. The van der Waals surface area contributed by atoms with Crippen molar-refractivity contribution in [3.05, 3.63) is 28.5 Å². The molecule has 4 N–H and O–H groups in total. The van der Waals surface area contributed by atoms with Crippen molar-refractivity contribution in [1.82, 2.24) is 20.6 Å². The SMILES string of the molecule is Nc1ccc(NCc2nn[nH]n2)c(Br)c1. The van der Waals surface area contributed by atoms with Gasteiger partial charge in [0.15, 0.2) is 5.82 Å². The Kier molecular flexibility index (Phi) is 2.82. The third-order valence-corrected chi connectivity index (χ3v) is 2.48. The van der Waals surface area contributed by atoms with Crippen LogP contribution in [0.5, 0.6) is 0 Å². The largest absolute Gasteiger partial charge is 0.399 e. The van der Waals surface area contributed by atoms with Gasteiger partial charge in [-0.25, -0.2) is 0 Å². The first-order valence-corrected chi connectivity index (χ1v) is 5.06. The third-order valence-electron chi connectivity index (χ3n) is 1.82. The van der Waals surface area contributed by atoms with E-state index >= 15 is 0 Å². The van der Waals surface area contributed by atoms with E-state index in [1.807, 2.05) is 18.2 Å². The lowest BCUT2D eigenvalue weighted by molar-refractivity contribution is 0.881. The lowest BCUT2D eigenvalue weighted by atomic mass is 10.3. The number of nitrogen functional groups attached to an aromatic ring is 1. The maximum Gasteiger partial charge on any atom is 0.193 e. The van der Waals surface area contributed by atoms with Crippen molar-refractivity contribution in [3.8, 4) is 0 Å². The summed E-state index contributed by atoms with van der Waals surface area (Å²) in [6.07, 6.45) is 0. The van der Waals surface area contributed by atoms with E-state index in [0.717, 1.165) is 10.2 Å². The molecule has 0 bridgehead atoms. The van der Waals surface area contributed by atoms with Crippen molar-refractivity contribution < 1.29 is 0 Å². The highest BCUT2D eigenvalue weighted by Gasteiger charge is 2.01. The Balaban J connectivity index is 2.05. The molecule has 2 aromatic rings. The minimum atomic E-state index is 0.513. The van der Waals surface area contributed by atoms with Gasteiger partial charge in [-0.15, -0.1) is 10.2 Å². The summed E-state index contributed by atoms with van der Waals surface area (Å²) in [5, 5.41) is 16.7. The van der Waals surface area contributed by atoms with Crippen LogP contribution in [0.25, 0.3) is 0 Å². The van der Waals surface area contributed by atoms with Crippen LogP contribution in [0.2, 0.25) is 0 Å². The van der Waals surface area contributed by atoms with Crippen molar-refractivity contribution >= 4 is 27.3 Å². The van der Waals surface area contributed by atoms with Crippen molar-refractivity contribution in [2.75, 3.05) is 11.1 Å². The van der Waals surface area contributed by atoms with Gasteiger partial charge in [-0.2, -0.15) is 5.21 Å². The summed E-state index contributed by atoms with van der Waals surface area (Å²) in [7, 11) is 0. The van der Waals surface area contributed by atoms with E-state index in [9.17, 15) is 0 Å². The molecule has 0 spiro atoms. The van der Waals surface area contributed by atoms with E-state index in [4.69, 9.17) is 5.73 Å². The first kappa shape index (κ1) is 9.91. The number of nitrogens with two attached hydrogens (primary N) is 1. The molecule has 0 fully saturated rings. The van der Waals surface area contributed by atoms with Crippen molar-refractivity contribution in [2.24, 2.45) is 0 Å². The van der Waals surface area contributed by atoms with Crippen molar-refractivity contribution in [2.45, 2.75) is 6.54 Å². The highest BCUT2D eigenvalue weighted by atomic mass is 79.9. The van der Waals surface area contributed by atoms with E-state index in [-0.39, 0.29) is 0 Å². The van der Waals surface area contributed by atoms with Crippen molar-refractivity contribution in [1.29, 1.82) is 0 Å². The van der Waals surface area contributed by atoms with Crippen molar-refractivity contribution in [3.63, 3.8) is 0 Å². The van der Waals surface area contributed by atoms with Gasteiger partial charge in [-0.1, -0.05) is 5.21 Å². The number of aromatic amines is 1. The molecule has 0 amide bonds. The van der Waals surface area contributed by atoms with Gasteiger partial charge in [0.05, 0.1) is 6.54 Å². The number of halogens is 1. The molecule has 0 saturated heterocycles. The van der Waals surface area contributed by atoms with Crippen LogP contribution < -0.4 is 11.1 Å².